The summed E-state index contributed by atoms with van der Waals surface area (Å²) in [4.78, 5) is 11.5. The first kappa shape index (κ1) is 16.0. The zero-order valence-corrected chi connectivity index (χ0v) is 13.0. The van der Waals surface area contributed by atoms with Crippen molar-refractivity contribution in [3.63, 3.8) is 0 Å². The van der Waals surface area contributed by atoms with Gasteiger partial charge in [-0.15, -0.1) is 0 Å². The summed E-state index contributed by atoms with van der Waals surface area (Å²) < 4.78 is 16.9. The third-order valence-corrected chi connectivity index (χ3v) is 3.36. The first-order chi connectivity index (χ1) is 9.97. The van der Waals surface area contributed by atoms with Gasteiger partial charge in [-0.05, 0) is 18.4 Å². The van der Waals surface area contributed by atoms with Gasteiger partial charge in [0.05, 0.1) is 6.61 Å². The molecule has 2 atom stereocenters. The zero-order valence-electron chi connectivity index (χ0n) is 13.0. The van der Waals surface area contributed by atoms with Crippen LogP contribution in [-0.2, 0) is 25.4 Å². The van der Waals surface area contributed by atoms with Gasteiger partial charge < -0.3 is 14.2 Å². The van der Waals surface area contributed by atoms with Crippen molar-refractivity contribution in [3.05, 3.63) is 35.9 Å². The average Bonchev–Trinajstić information content (AvgIpc) is 2.78. The molecule has 1 saturated heterocycles. The molecule has 1 aromatic rings. The average molecular weight is 292 g/mol. The van der Waals surface area contributed by atoms with E-state index in [0.717, 1.165) is 5.56 Å². The molecule has 0 amide bonds. The lowest BCUT2D eigenvalue weighted by Gasteiger charge is -2.23. The Morgan fingerprint density at radius 1 is 1.38 bits per heavy atom. The van der Waals surface area contributed by atoms with E-state index in [2.05, 4.69) is 0 Å². The lowest BCUT2D eigenvalue weighted by molar-refractivity contribution is -0.165. The van der Waals surface area contributed by atoms with Crippen molar-refractivity contribution < 1.29 is 19.0 Å². The molecule has 2 unspecified atom stereocenters. The maximum absolute atomic E-state index is 11.5. The molecule has 116 valence electrons. The van der Waals surface area contributed by atoms with Gasteiger partial charge in [0.2, 0.25) is 0 Å². The van der Waals surface area contributed by atoms with E-state index >= 15 is 0 Å². The molecular weight excluding hydrogens is 268 g/mol. The Morgan fingerprint density at radius 2 is 2.10 bits per heavy atom. The molecule has 0 N–H and O–H groups in total. The number of ether oxygens (including phenoxy) is 3. The van der Waals surface area contributed by atoms with E-state index in [1.807, 2.05) is 51.1 Å². The molecule has 1 aromatic carbocycles. The second-order valence-electron chi connectivity index (χ2n) is 6.13. The van der Waals surface area contributed by atoms with E-state index in [1.54, 1.807) is 0 Å². The van der Waals surface area contributed by atoms with Gasteiger partial charge >= 0.3 is 5.97 Å². The maximum Gasteiger partial charge on any atom is 0.306 e. The van der Waals surface area contributed by atoms with Crippen molar-refractivity contribution in [2.24, 2.45) is 5.92 Å². The number of rotatable bonds is 6. The Kier molecular flexibility index (Phi) is 5.37. The van der Waals surface area contributed by atoms with Crippen molar-refractivity contribution in [1.29, 1.82) is 0 Å². The van der Waals surface area contributed by atoms with Crippen molar-refractivity contribution in [1.82, 2.24) is 0 Å². The van der Waals surface area contributed by atoms with Gasteiger partial charge in [0.1, 0.15) is 12.7 Å². The van der Waals surface area contributed by atoms with Crippen LogP contribution >= 0.6 is 0 Å². The molecule has 1 fully saturated rings. The van der Waals surface area contributed by atoms with E-state index in [9.17, 15) is 4.79 Å². The van der Waals surface area contributed by atoms with Gasteiger partial charge in [0.25, 0.3) is 0 Å². The normalized spacial score (nSPS) is 25.2. The third kappa shape index (κ3) is 5.14. The van der Waals surface area contributed by atoms with E-state index in [-0.39, 0.29) is 18.7 Å². The largest absolute Gasteiger partial charge is 0.463 e. The van der Waals surface area contributed by atoms with E-state index in [1.165, 1.54) is 0 Å². The third-order valence-electron chi connectivity index (χ3n) is 3.36. The molecule has 0 radical (unpaired) electrons. The van der Waals surface area contributed by atoms with Gasteiger partial charge in [0, 0.05) is 12.8 Å². The van der Waals surface area contributed by atoms with Crippen LogP contribution in [0.5, 0.6) is 0 Å². The van der Waals surface area contributed by atoms with Crippen molar-refractivity contribution in [3.8, 4) is 0 Å². The molecule has 1 heterocycles. The Morgan fingerprint density at radius 3 is 2.76 bits per heavy atom. The Labute approximate surface area is 126 Å². The van der Waals surface area contributed by atoms with Crippen LogP contribution in [0.2, 0.25) is 0 Å². The lowest BCUT2D eigenvalue weighted by atomic mass is 10.1. The minimum Gasteiger partial charge on any atom is -0.463 e. The smallest absolute Gasteiger partial charge is 0.306 e. The van der Waals surface area contributed by atoms with Crippen molar-refractivity contribution in [2.75, 3.05) is 13.2 Å². The highest BCUT2D eigenvalue weighted by Gasteiger charge is 2.37. The molecular formula is C17H24O4. The summed E-state index contributed by atoms with van der Waals surface area (Å²) in [5.74, 6) is -0.511. The monoisotopic (exact) mass is 292 g/mol. The standard InChI is InChI=1S/C17H24O4/c1-13(2)9-16(18)19-11-15-12-20-17(3,21-15)10-14-7-5-4-6-8-14/h4-8,13,15H,9-12H2,1-3H3. The molecule has 0 aromatic heterocycles. The summed E-state index contributed by atoms with van der Waals surface area (Å²) in [5, 5.41) is 0. The molecule has 1 aliphatic rings. The second-order valence-corrected chi connectivity index (χ2v) is 6.13. The summed E-state index contributed by atoms with van der Waals surface area (Å²) in [7, 11) is 0. The predicted octanol–water partition coefficient (Wildman–Crippen LogP) is 2.95. The van der Waals surface area contributed by atoms with Crippen LogP contribution in [0, 0.1) is 5.92 Å². The fraction of sp³-hybridized carbons (Fsp3) is 0.588. The second kappa shape index (κ2) is 7.05. The van der Waals surface area contributed by atoms with E-state index in [4.69, 9.17) is 14.2 Å². The molecule has 0 spiro atoms. The highest BCUT2D eigenvalue weighted by molar-refractivity contribution is 5.69. The molecule has 0 saturated carbocycles. The van der Waals surface area contributed by atoms with E-state index in [0.29, 0.717) is 25.4 Å². The molecule has 2 rings (SSSR count). The zero-order chi connectivity index (χ0) is 15.3. The number of carbonyl (C=O) groups is 1. The number of hydrogen-bond donors (Lipinski definition) is 0. The quantitative estimate of drug-likeness (QED) is 0.756. The Bertz CT molecular complexity index is 457. The van der Waals surface area contributed by atoms with Gasteiger partial charge in [-0.3, -0.25) is 4.79 Å². The summed E-state index contributed by atoms with van der Waals surface area (Å²) in [6.07, 6.45) is 0.939. The molecule has 4 heteroatoms. The van der Waals surface area contributed by atoms with Crippen LogP contribution in [0.4, 0.5) is 0 Å². The summed E-state index contributed by atoms with van der Waals surface area (Å²) >= 11 is 0. The molecule has 0 bridgehead atoms. The minimum absolute atomic E-state index is 0.176. The van der Waals surface area contributed by atoms with E-state index < -0.39 is 5.79 Å². The van der Waals surface area contributed by atoms with Crippen LogP contribution in [-0.4, -0.2) is 31.1 Å². The Balaban J connectivity index is 1.78. The number of esters is 1. The number of benzene rings is 1. The molecule has 4 nitrogen and oxygen atoms in total. The van der Waals surface area contributed by atoms with Crippen LogP contribution < -0.4 is 0 Å². The fourth-order valence-electron chi connectivity index (χ4n) is 2.41. The van der Waals surface area contributed by atoms with Gasteiger partial charge in [-0.25, -0.2) is 0 Å². The minimum atomic E-state index is -0.642. The fourth-order valence-corrected chi connectivity index (χ4v) is 2.41. The summed E-state index contributed by atoms with van der Waals surface area (Å²) in [6, 6.07) is 10.1. The molecule has 21 heavy (non-hydrogen) atoms. The van der Waals surface area contributed by atoms with Gasteiger partial charge in [-0.1, -0.05) is 44.2 Å². The first-order valence-corrected chi connectivity index (χ1v) is 7.48. The van der Waals surface area contributed by atoms with Gasteiger partial charge in [-0.2, -0.15) is 0 Å². The first-order valence-electron chi connectivity index (χ1n) is 7.48. The van der Waals surface area contributed by atoms with Crippen molar-refractivity contribution in [2.45, 2.75) is 45.5 Å². The molecule has 0 aliphatic carbocycles. The lowest BCUT2D eigenvalue weighted by Crippen LogP contribution is -2.31. The van der Waals surface area contributed by atoms with Crippen LogP contribution in [0.3, 0.4) is 0 Å². The van der Waals surface area contributed by atoms with Crippen LogP contribution in [0.15, 0.2) is 30.3 Å². The maximum atomic E-state index is 11.5. The molecule has 1 aliphatic heterocycles. The SMILES string of the molecule is CC(C)CC(=O)OCC1COC(C)(Cc2ccccc2)O1. The highest BCUT2D eigenvalue weighted by atomic mass is 16.7. The van der Waals surface area contributed by atoms with Crippen LogP contribution in [0.1, 0.15) is 32.8 Å². The predicted molar refractivity (Wildman–Crippen MR) is 79.8 cm³/mol. The van der Waals surface area contributed by atoms with Crippen molar-refractivity contribution >= 4 is 5.97 Å². The highest BCUT2D eigenvalue weighted by Crippen LogP contribution is 2.27. The number of hydrogen-bond acceptors (Lipinski definition) is 4. The number of carbonyl (C=O) groups excluding carboxylic acids is 1. The van der Waals surface area contributed by atoms with Crippen LogP contribution in [0.25, 0.3) is 0 Å². The summed E-state index contributed by atoms with van der Waals surface area (Å²) in [6.45, 7) is 6.63. The Hall–Kier alpha value is -1.39. The topological polar surface area (TPSA) is 44.8 Å². The summed E-state index contributed by atoms with van der Waals surface area (Å²) in [5.41, 5.74) is 1.16. The van der Waals surface area contributed by atoms with Gasteiger partial charge in [0.15, 0.2) is 5.79 Å².